The lowest BCUT2D eigenvalue weighted by Gasteiger charge is -2.10. The first-order valence-corrected chi connectivity index (χ1v) is 8.65. The van der Waals surface area contributed by atoms with Crippen molar-refractivity contribution in [3.05, 3.63) is 51.7 Å². The standard InChI is InChI=1S/C14H18N2O2S2/c1-11-5-6-14(8-12(11)9-15-2)20(17,18)16-10-13-4-3-7-19-13/h3-8,15-16H,9-10H2,1-2H3. The van der Waals surface area contributed by atoms with Gasteiger partial charge in [0.05, 0.1) is 4.90 Å². The Morgan fingerprint density at radius 2 is 2.00 bits per heavy atom. The summed E-state index contributed by atoms with van der Waals surface area (Å²) in [4.78, 5) is 1.31. The largest absolute Gasteiger partial charge is 0.316 e. The quantitative estimate of drug-likeness (QED) is 0.860. The molecule has 0 fully saturated rings. The molecule has 1 aromatic carbocycles. The van der Waals surface area contributed by atoms with Crippen LogP contribution < -0.4 is 10.0 Å². The first-order valence-electron chi connectivity index (χ1n) is 6.29. The Morgan fingerprint density at radius 3 is 2.65 bits per heavy atom. The maximum atomic E-state index is 12.3. The molecule has 1 aromatic heterocycles. The van der Waals surface area contributed by atoms with Crippen molar-refractivity contribution in [2.75, 3.05) is 7.05 Å². The molecule has 108 valence electrons. The zero-order valence-corrected chi connectivity index (χ0v) is 13.1. The minimum Gasteiger partial charge on any atom is -0.316 e. The van der Waals surface area contributed by atoms with Gasteiger partial charge in [0.2, 0.25) is 10.0 Å². The predicted molar refractivity (Wildman–Crippen MR) is 82.3 cm³/mol. The minimum absolute atomic E-state index is 0.310. The van der Waals surface area contributed by atoms with Crippen LogP contribution in [0.2, 0.25) is 0 Å². The van der Waals surface area contributed by atoms with Gasteiger partial charge in [0, 0.05) is 18.0 Å². The Kier molecular flexibility index (Phi) is 4.93. The number of aryl methyl sites for hydroxylation is 1. The number of sulfonamides is 1. The van der Waals surface area contributed by atoms with E-state index in [-0.39, 0.29) is 0 Å². The molecule has 1 heterocycles. The number of hydrogen-bond donors (Lipinski definition) is 2. The summed E-state index contributed by atoms with van der Waals surface area (Å²) in [6.07, 6.45) is 0. The summed E-state index contributed by atoms with van der Waals surface area (Å²) in [5.41, 5.74) is 2.07. The zero-order valence-electron chi connectivity index (χ0n) is 11.5. The van der Waals surface area contributed by atoms with Crippen molar-refractivity contribution in [2.24, 2.45) is 0 Å². The lowest BCUT2D eigenvalue weighted by Crippen LogP contribution is -2.23. The molecule has 0 aliphatic heterocycles. The Hall–Kier alpha value is -1.21. The van der Waals surface area contributed by atoms with Crippen molar-refractivity contribution in [3.63, 3.8) is 0 Å². The van der Waals surface area contributed by atoms with Crippen LogP contribution in [0.15, 0.2) is 40.6 Å². The summed E-state index contributed by atoms with van der Waals surface area (Å²) in [6.45, 7) is 2.96. The minimum atomic E-state index is -3.47. The maximum Gasteiger partial charge on any atom is 0.240 e. The van der Waals surface area contributed by atoms with Gasteiger partial charge in [-0.2, -0.15) is 0 Å². The maximum absolute atomic E-state index is 12.3. The highest BCUT2D eigenvalue weighted by Gasteiger charge is 2.15. The lowest BCUT2D eigenvalue weighted by atomic mass is 10.1. The molecule has 2 rings (SSSR count). The molecule has 0 aliphatic carbocycles. The van der Waals surface area contributed by atoms with E-state index in [4.69, 9.17) is 0 Å². The van der Waals surface area contributed by atoms with Crippen molar-refractivity contribution in [1.29, 1.82) is 0 Å². The van der Waals surface area contributed by atoms with E-state index in [1.54, 1.807) is 12.1 Å². The second-order valence-corrected chi connectivity index (χ2v) is 7.32. The molecule has 0 bridgehead atoms. The average Bonchev–Trinajstić information content (AvgIpc) is 2.92. The molecule has 0 spiro atoms. The van der Waals surface area contributed by atoms with Gasteiger partial charge in [-0.15, -0.1) is 11.3 Å². The van der Waals surface area contributed by atoms with Gasteiger partial charge >= 0.3 is 0 Å². The summed E-state index contributed by atoms with van der Waals surface area (Å²) >= 11 is 1.54. The van der Waals surface area contributed by atoms with Gasteiger partial charge in [0.15, 0.2) is 0 Å². The molecule has 0 saturated heterocycles. The highest BCUT2D eigenvalue weighted by molar-refractivity contribution is 7.89. The SMILES string of the molecule is CNCc1cc(S(=O)(=O)NCc2cccs2)ccc1C. The molecule has 4 nitrogen and oxygen atoms in total. The van der Waals surface area contributed by atoms with Crippen LogP contribution in [0.3, 0.4) is 0 Å². The fourth-order valence-electron chi connectivity index (χ4n) is 1.86. The zero-order chi connectivity index (χ0) is 14.6. The van der Waals surface area contributed by atoms with Gasteiger partial charge < -0.3 is 5.32 Å². The number of nitrogens with one attached hydrogen (secondary N) is 2. The van der Waals surface area contributed by atoms with E-state index in [1.165, 1.54) is 11.3 Å². The van der Waals surface area contributed by atoms with Crippen molar-refractivity contribution >= 4 is 21.4 Å². The number of rotatable bonds is 6. The van der Waals surface area contributed by atoms with Gasteiger partial charge in [0.1, 0.15) is 0 Å². The molecule has 6 heteroatoms. The molecule has 0 unspecified atom stereocenters. The highest BCUT2D eigenvalue weighted by Crippen LogP contribution is 2.16. The molecule has 0 aliphatic rings. The van der Waals surface area contributed by atoms with Gasteiger partial charge in [0.25, 0.3) is 0 Å². The third-order valence-corrected chi connectivity index (χ3v) is 5.29. The van der Waals surface area contributed by atoms with Gasteiger partial charge in [-0.3, -0.25) is 0 Å². The smallest absolute Gasteiger partial charge is 0.240 e. The van der Waals surface area contributed by atoms with E-state index < -0.39 is 10.0 Å². The number of thiophene rings is 1. The predicted octanol–water partition coefficient (Wildman–Crippen LogP) is 2.25. The van der Waals surface area contributed by atoms with Crippen LogP contribution in [0, 0.1) is 6.92 Å². The number of hydrogen-bond acceptors (Lipinski definition) is 4. The normalized spacial score (nSPS) is 11.7. The first kappa shape index (κ1) is 15.2. The van der Waals surface area contributed by atoms with Crippen molar-refractivity contribution < 1.29 is 8.42 Å². The van der Waals surface area contributed by atoms with Crippen molar-refractivity contribution in [3.8, 4) is 0 Å². The van der Waals surface area contributed by atoms with Gasteiger partial charge in [-0.1, -0.05) is 12.1 Å². The van der Waals surface area contributed by atoms with Crippen LogP contribution >= 0.6 is 11.3 Å². The third kappa shape index (κ3) is 3.67. The summed E-state index contributed by atoms with van der Waals surface area (Å²) in [6, 6.07) is 9.03. The summed E-state index contributed by atoms with van der Waals surface area (Å²) in [5, 5.41) is 4.98. The Labute approximate surface area is 123 Å². The second-order valence-electron chi connectivity index (χ2n) is 4.52. The summed E-state index contributed by atoms with van der Waals surface area (Å²) in [7, 11) is -1.62. The highest BCUT2D eigenvalue weighted by atomic mass is 32.2. The van der Waals surface area contributed by atoms with Crippen LogP contribution in [0.25, 0.3) is 0 Å². The van der Waals surface area contributed by atoms with Crippen LogP contribution in [-0.2, 0) is 23.1 Å². The molecule has 0 amide bonds. The molecule has 20 heavy (non-hydrogen) atoms. The Balaban J connectivity index is 2.18. The fourth-order valence-corrected chi connectivity index (χ4v) is 3.65. The number of benzene rings is 1. The van der Waals surface area contributed by atoms with Crippen molar-refractivity contribution in [2.45, 2.75) is 24.9 Å². The van der Waals surface area contributed by atoms with Gasteiger partial charge in [-0.05, 0) is 48.7 Å². The molecule has 0 radical (unpaired) electrons. The molecule has 0 saturated carbocycles. The van der Waals surface area contributed by atoms with E-state index in [2.05, 4.69) is 10.0 Å². The van der Waals surface area contributed by atoms with E-state index in [1.807, 2.05) is 37.6 Å². The molecule has 2 aromatic rings. The van der Waals surface area contributed by atoms with E-state index in [0.717, 1.165) is 16.0 Å². The third-order valence-electron chi connectivity index (χ3n) is 3.01. The Morgan fingerprint density at radius 1 is 1.20 bits per heavy atom. The monoisotopic (exact) mass is 310 g/mol. The lowest BCUT2D eigenvalue weighted by molar-refractivity contribution is 0.581. The molecular weight excluding hydrogens is 292 g/mol. The summed E-state index contributed by atoms with van der Waals surface area (Å²) < 4.78 is 27.2. The molecule has 2 N–H and O–H groups in total. The molecule has 0 atom stereocenters. The van der Waals surface area contributed by atoms with E-state index in [9.17, 15) is 8.42 Å². The average molecular weight is 310 g/mol. The van der Waals surface area contributed by atoms with Crippen LogP contribution in [-0.4, -0.2) is 15.5 Å². The molecular formula is C14H18N2O2S2. The van der Waals surface area contributed by atoms with Crippen molar-refractivity contribution in [1.82, 2.24) is 10.0 Å². The van der Waals surface area contributed by atoms with E-state index >= 15 is 0 Å². The first-order chi connectivity index (χ1) is 9.53. The van der Waals surface area contributed by atoms with Crippen LogP contribution in [0.1, 0.15) is 16.0 Å². The van der Waals surface area contributed by atoms with Gasteiger partial charge in [-0.25, -0.2) is 13.1 Å². The Bertz CT molecular complexity index is 664. The topological polar surface area (TPSA) is 58.2 Å². The van der Waals surface area contributed by atoms with E-state index in [0.29, 0.717) is 18.0 Å². The van der Waals surface area contributed by atoms with Crippen LogP contribution in [0.4, 0.5) is 0 Å². The second kappa shape index (κ2) is 6.49. The fraction of sp³-hybridized carbons (Fsp3) is 0.286. The van der Waals surface area contributed by atoms with Crippen LogP contribution in [0.5, 0.6) is 0 Å². The summed E-state index contributed by atoms with van der Waals surface area (Å²) in [5.74, 6) is 0.